The summed E-state index contributed by atoms with van der Waals surface area (Å²) < 4.78 is 17.3. The van der Waals surface area contributed by atoms with Gasteiger partial charge in [-0.15, -0.1) is 0 Å². The minimum absolute atomic E-state index is 0.000635. The molecule has 1 spiro atoms. The van der Waals surface area contributed by atoms with Crippen molar-refractivity contribution in [2.75, 3.05) is 32.9 Å². The van der Waals surface area contributed by atoms with Crippen molar-refractivity contribution in [2.45, 2.75) is 50.5 Å². The van der Waals surface area contributed by atoms with Crippen LogP contribution in [0.25, 0.3) is 0 Å². The first-order valence-corrected chi connectivity index (χ1v) is 9.79. The highest BCUT2D eigenvalue weighted by Gasteiger charge is 2.41. The SMILES string of the molecule is O=C(c1ccco1)N1CCC2(CC1)CC(CCOCC1CC1)CCO2. The van der Waals surface area contributed by atoms with Gasteiger partial charge in [0.2, 0.25) is 0 Å². The van der Waals surface area contributed by atoms with Crippen LogP contribution < -0.4 is 0 Å². The summed E-state index contributed by atoms with van der Waals surface area (Å²) in [6.45, 7) is 4.20. The van der Waals surface area contributed by atoms with E-state index in [1.54, 1.807) is 18.4 Å². The topological polar surface area (TPSA) is 51.9 Å². The van der Waals surface area contributed by atoms with Gasteiger partial charge in [0.15, 0.2) is 5.76 Å². The summed E-state index contributed by atoms with van der Waals surface area (Å²) in [5.41, 5.74) is -0.0284. The molecule has 0 N–H and O–H groups in total. The van der Waals surface area contributed by atoms with E-state index in [-0.39, 0.29) is 11.5 Å². The van der Waals surface area contributed by atoms with Gasteiger partial charge < -0.3 is 18.8 Å². The third-order valence-electron chi connectivity index (χ3n) is 6.01. The number of furan rings is 1. The summed E-state index contributed by atoms with van der Waals surface area (Å²) in [7, 11) is 0. The van der Waals surface area contributed by atoms with E-state index in [9.17, 15) is 4.79 Å². The van der Waals surface area contributed by atoms with Crippen molar-refractivity contribution in [2.24, 2.45) is 11.8 Å². The summed E-state index contributed by atoms with van der Waals surface area (Å²) in [5.74, 6) is 1.98. The van der Waals surface area contributed by atoms with Crippen molar-refractivity contribution in [3.8, 4) is 0 Å². The summed E-state index contributed by atoms with van der Waals surface area (Å²) >= 11 is 0. The molecule has 2 saturated heterocycles. The summed E-state index contributed by atoms with van der Waals surface area (Å²) in [6, 6.07) is 3.50. The Balaban J connectivity index is 1.24. The van der Waals surface area contributed by atoms with Gasteiger partial charge in [-0.05, 0) is 68.9 Å². The minimum atomic E-state index is -0.0284. The van der Waals surface area contributed by atoms with Crippen molar-refractivity contribution < 1.29 is 18.7 Å². The molecule has 3 heterocycles. The number of piperidine rings is 1. The normalized spacial score (nSPS) is 26.1. The molecular weight excluding hydrogens is 318 g/mol. The van der Waals surface area contributed by atoms with Crippen LogP contribution in [0.1, 0.15) is 55.5 Å². The van der Waals surface area contributed by atoms with Crippen LogP contribution in [-0.2, 0) is 9.47 Å². The maximum atomic E-state index is 12.4. The first-order valence-electron chi connectivity index (χ1n) is 9.79. The van der Waals surface area contributed by atoms with Gasteiger partial charge in [0.1, 0.15) is 0 Å². The second-order valence-corrected chi connectivity index (χ2v) is 7.97. The lowest BCUT2D eigenvalue weighted by atomic mass is 9.78. The molecule has 0 radical (unpaired) electrons. The average Bonchev–Trinajstić information content (AvgIpc) is 3.29. The van der Waals surface area contributed by atoms with Gasteiger partial charge >= 0.3 is 0 Å². The van der Waals surface area contributed by atoms with Gasteiger partial charge in [-0.25, -0.2) is 0 Å². The van der Waals surface area contributed by atoms with E-state index >= 15 is 0 Å². The third-order valence-corrected chi connectivity index (χ3v) is 6.01. The molecule has 0 bridgehead atoms. The maximum absolute atomic E-state index is 12.4. The summed E-state index contributed by atoms with van der Waals surface area (Å²) in [6.07, 6.45) is 9.52. The number of hydrogen-bond acceptors (Lipinski definition) is 4. The Hall–Kier alpha value is -1.33. The summed E-state index contributed by atoms with van der Waals surface area (Å²) in [4.78, 5) is 14.3. The van der Waals surface area contributed by atoms with E-state index in [0.717, 1.165) is 70.9 Å². The zero-order valence-electron chi connectivity index (χ0n) is 15.0. The second-order valence-electron chi connectivity index (χ2n) is 7.97. The Morgan fingerprint density at radius 2 is 2.08 bits per heavy atom. The molecule has 1 aromatic rings. The number of hydrogen-bond donors (Lipinski definition) is 0. The van der Waals surface area contributed by atoms with E-state index in [4.69, 9.17) is 13.9 Å². The molecule has 3 fully saturated rings. The van der Waals surface area contributed by atoms with Crippen molar-refractivity contribution in [3.63, 3.8) is 0 Å². The number of carbonyl (C=O) groups is 1. The van der Waals surface area contributed by atoms with Crippen LogP contribution in [0.2, 0.25) is 0 Å². The molecule has 138 valence electrons. The molecule has 1 aliphatic carbocycles. The molecule has 1 amide bonds. The first kappa shape index (κ1) is 17.1. The Morgan fingerprint density at radius 1 is 1.24 bits per heavy atom. The molecule has 2 aliphatic heterocycles. The Labute approximate surface area is 149 Å². The highest BCUT2D eigenvalue weighted by molar-refractivity contribution is 5.91. The molecular formula is C20H29NO4. The van der Waals surface area contributed by atoms with Crippen LogP contribution in [0.4, 0.5) is 0 Å². The second kappa shape index (κ2) is 7.50. The van der Waals surface area contributed by atoms with Crippen molar-refractivity contribution >= 4 is 5.91 Å². The summed E-state index contributed by atoms with van der Waals surface area (Å²) in [5, 5.41) is 0. The van der Waals surface area contributed by atoms with Crippen LogP contribution >= 0.6 is 0 Å². The molecule has 0 aromatic carbocycles. The van der Waals surface area contributed by atoms with Gasteiger partial charge in [0.05, 0.1) is 11.9 Å². The van der Waals surface area contributed by atoms with Crippen LogP contribution in [0.3, 0.4) is 0 Å². The smallest absolute Gasteiger partial charge is 0.289 e. The average molecular weight is 347 g/mol. The van der Waals surface area contributed by atoms with E-state index in [2.05, 4.69) is 0 Å². The molecule has 1 atom stereocenters. The first-order chi connectivity index (χ1) is 12.2. The standard InChI is InChI=1S/C20H29NO4/c22-19(18-2-1-11-24-18)21-9-7-20(8-10-21)14-16(6-13-25-20)5-12-23-15-17-3-4-17/h1-2,11,16-17H,3-10,12-15H2. The van der Waals surface area contributed by atoms with Crippen LogP contribution in [0.15, 0.2) is 22.8 Å². The number of rotatable bonds is 6. The fourth-order valence-corrected chi connectivity index (χ4v) is 4.18. The number of amides is 1. The Morgan fingerprint density at radius 3 is 2.80 bits per heavy atom. The lowest BCUT2D eigenvalue weighted by Gasteiger charge is -2.46. The monoisotopic (exact) mass is 347 g/mol. The molecule has 1 saturated carbocycles. The highest BCUT2D eigenvalue weighted by Crippen LogP contribution is 2.39. The largest absolute Gasteiger partial charge is 0.459 e. The third kappa shape index (κ3) is 4.26. The van der Waals surface area contributed by atoms with Crippen molar-refractivity contribution in [3.05, 3.63) is 24.2 Å². The van der Waals surface area contributed by atoms with Gasteiger partial charge in [-0.2, -0.15) is 0 Å². The van der Waals surface area contributed by atoms with Crippen molar-refractivity contribution in [1.82, 2.24) is 4.90 Å². The predicted octanol–water partition coefficient (Wildman–Crippen LogP) is 3.50. The fraction of sp³-hybridized carbons (Fsp3) is 0.750. The van der Waals surface area contributed by atoms with Gasteiger partial charge in [-0.3, -0.25) is 4.79 Å². The number of carbonyl (C=O) groups excluding carboxylic acids is 1. The zero-order valence-corrected chi connectivity index (χ0v) is 15.0. The maximum Gasteiger partial charge on any atom is 0.289 e. The zero-order chi connectivity index (χ0) is 17.1. The number of ether oxygens (including phenoxy) is 2. The highest BCUT2D eigenvalue weighted by atomic mass is 16.5. The van der Waals surface area contributed by atoms with E-state index in [1.807, 2.05) is 4.90 Å². The molecule has 4 rings (SSSR count). The van der Waals surface area contributed by atoms with Gasteiger partial charge in [0.25, 0.3) is 5.91 Å². The molecule has 3 aliphatic rings. The Kier molecular flexibility index (Phi) is 5.13. The quantitative estimate of drug-likeness (QED) is 0.739. The molecule has 25 heavy (non-hydrogen) atoms. The Bertz CT molecular complexity index is 558. The van der Waals surface area contributed by atoms with Gasteiger partial charge in [-0.1, -0.05) is 0 Å². The van der Waals surface area contributed by atoms with E-state index < -0.39 is 0 Å². The number of nitrogens with zero attached hydrogens (tertiary/aromatic N) is 1. The van der Waals surface area contributed by atoms with Crippen LogP contribution in [-0.4, -0.2) is 49.3 Å². The van der Waals surface area contributed by atoms with Crippen LogP contribution in [0, 0.1) is 11.8 Å². The molecule has 5 heteroatoms. The van der Waals surface area contributed by atoms with Crippen molar-refractivity contribution in [1.29, 1.82) is 0 Å². The van der Waals surface area contributed by atoms with Crippen LogP contribution in [0.5, 0.6) is 0 Å². The molecule has 5 nitrogen and oxygen atoms in total. The number of likely N-dealkylation sites (tertiary alicyclic amines) is 1. The minimum Gasteiger partial charge on any atom is -0.459 e. The van der Waals surface area contributed by atoms with Gasteiger partial charge in [0, 0.05) is 32.9 Å². The predicted molar refractivity (Wildman–Crippen MR) is 93.4 cm³/mol. The fourth-order valence-electron chi connectivity index (χ4n) is 4.18. The van der Waals surface area contributed by atoms with E-state index in [0.29, 0.717) is 11.7 Å². The molecule has 1 unspecified atom stereocenters. The lowest BCUT2D eigenvalue weighted by molar-refractivity contribution is -0.126. The lowest BCUT2D eigenvalue weighted by Crippen LogP contribution is -2.50. The molecule has 1 aromatic heterocycles. The van der Waals surface area contributed by atoms with E-state index in [1.165, 1.54) is 12.8 Å².